The summed E-state index contributed by atoms with van der Waals surface area (Å²) >= 11 is 0. The minimum Gasteiger partial charge on any atom is -0.354 e. The van der Waals surface area contributed by atoms with Gasteiger partial charge >= 0.3 is 11.4 Å². The van der Waals surface area contributed by atoms with Crippen LogP contribution in [0.4, 0.5) is 17.1 Å². The summed E-state index contributed by atoms with van der Waals surface area (Å²) in [6.07, 6.45) is -0.0717. The lowest BCUT2D eigenvalue weighted by Crippen LogP contribution is -2.09. The first kappa shape index (κ1) is 20.6. The number of hydrogen-bond acceptors (Lipinski definition) is 10. The number of hydrogen-bond donors (Lipinski definition) is 0. The second kappa shape index (κ2) is 8.06. The molecule has 0 aliphatic heterocycles. The van der Waals surface area contributed by atoms with Gasteiger partial charge in [0.1, 0.15) is 0 Å². The summed E-state index contributed by atoms with van der Waals surface area (Å²) in [5.74, 6) is -0.623. The summed E-state index contributed by atoms with van der Waals surface area (Å²) in [5.41, 5.74) is 0.0287. The van der Waals surface area contributed by atoms with Crippen LogP contribution in [0.15, 0.2) is 33.3 Å². The molecule has 0 bridgehead atoms. The lowest BCUT2D eigenvalue weighted by molar-refractivity contribution is -0.386. The third kappa shape index (κ3) is 3.99. The van der Waals surface area contributed by atoms with Gasteiger partial charge in [0, 0.05) is 25.0 Å². The average molecular weight is 417 g/mol. The predicted molar refractivity (Wildman–Crippen MR) is 99.0 cm³/mol. The van der Waals surface area contributed by atoms with E-state index in [4.69, 9.17) is 9.05 Å². The van der Waals surface area contributed by atoms with Crippen molar-refractivity contribution in [3.8, 4) is 0 Å². The molecule has 0 saturated carbocycles. The Hall–Kier alpha value is -4.16. The first-order valence-corrected chi connectivity index (χ1v) is 8.62. The minimum absolute atomic E-state index is 0.0141. The summed E-state index contributed by atoms with van der Waals surface area (Å²) in [7, 11) is 0. The Morgan fingerprint density at radius 1 is 0.800 bits per heavy atom. The fraction of sp³-hybridized carbons (Fsp3) is 0.294. The van der Waals surface area contributed by atoms with Crippen molar-refractivity contribution in [3.05, 3.63) is 83.1 Å². The standard InChI is InChI=1S/C17H15N5O8/c1-9-16(21(25)26)14(29-18-9)7-12(11-3-5-13(6-4-11)20(23)24)8-15-17(22(27)28)10(2)19-30-15/h3-6,12H,7-8H2,1-2H3. The highest BCUT2D eigenvalue weighted by Gasteiger charge is 2.31. The lowest BCUT2D eigenvalue weighted by atomic mass is 9.89. The van der Waals surface area contributed by atoms with E-state index in [9.17, 15) is 30.3 Å². The van der Waals surface area contributed by atoms with Gasteiger partial charge in [0.05, 0.1) is 14.8 Å². The Morgan fingerprint density at radius 3 is 1.60 bits per heavy atom. The summed E-state index contributed by atoms with van der Waals surface area (Å²) in [4.78, 5) is 31.8. The van der Waals surface area contributed by atoms with Gasteiger partial charge in [-0.1, -0.05) is 22.4 Å². The molecule has 30 heavy (non-hydrogen) atoms. The van der Waals surface area contributed by atoms with E-state index < -0.39 is 20.7 Å². The van der Waals surface area contributed by atoms with Gasteiger partial charge in [0.2, 0.25) is 11.5 Å². The number of aromatic nitrogens is 2. The molecule has 0 saturated heterocycles. The largest absolute Gasteiger partial charge is 0.354 e. The molecule has 1 aromatic carbocycles. The average Bonchev–Trinajstić information content (AvgIpc) is 3.23. The van der Waals surface area contributed by atoms with Crippen LogP contribution in [0.5, 0.6) is 0 Å². The van der Waals surface area contributed by atoms with Crippen molar-refractivity contribution in [3.63, 3.8) is 0 Å². The van der Waals surface area contributed by atoms with Crippen LogP contribution in [0.2, 0.25) is 0 Å². The van der Waals surface area contributed by atoms with Crippen molar-refractivity contribution in [2.45, 2.75) is 32.6 Å². The molecule has 13 nitrogen and oxygen atoms in total. The van der Waals surface area contributed by atoms with Gasteiger partial charge in [-0.3, -0.25) is 30.3 Å². The van der Waals surface area contributed by atoms with Gasteiger partial charge in [-0.05, 0) is 25.3 Å². The fourth-order valence-electron chi connectivity index (χ4n) is 3.18. The Morgan fingerprint density at radius 2 is 1.23 bits per heavy atom. The minimum atomic E-state index is -0.616. The van der Waals surface area contributed by atoms with E-state index in [0.29, 0.717) is 5.56 Å². The van der Waals surface area contributed by atoms with Gasteiger partial charge in [0.15, 0.2) is 11.4 Å². The zero-order valence-corrected chi connectivity index (χ0v) is 15.8. The Kier molecular flexibility index (Phi) is 5.53. The number of nitro groups is 3. The van der Waals surface area contributed by atoms with Gasteiger partial charge in [-0.2, -0.15) is 0 Å². The van der Waals surface area contributed by atoms with Crippen molar-refractivity contribution in [1.82, 2.24) is 10.3 Å². The van der Waals surface area contributed by atoms with E-state index in [1.165, 1.54) is 38.1 Å². The van der Waals surface area contributed by atoms with Crippen molar-refractivity contribution in [1.29, 1.82) is 0 Å². The fourth-order valence-corrected chi connectivity index (χ4v) is 3.18. The topological polar surface area (TPSA) is 181 Å². The molecular formula is C17H15N5O8. The van der Waals surface area contributed by atoms with E-state index in [1.54, 1.807) is 0 Å². The number of benzene rings is 1. The Labute approximate surface area is 167 Å². The van der Waals surface area contributed by atoms with E-state index in [0.717, 1.165) is 0 Å². The Balaban J connectivity index is 2.02. The molecule has 2 heterocycles. The number of non-ortho nitro benzene ring substituents is 1. The van der Waals surface area contributed by atoms with Gasteiger partial charge < -0.3 is 9.05 Å². The van der Waals surface area contributed by atoms with Crippen LogP contribution in [-0.2, 0) is 12.8 Å². The van der Waals surface area contributed by atoms with Gasteiger partial charge in [-0.15, -0.1) is 0 Å². The normalized spacial score (nSPS) is 11.0. The Bertz CT molecular complexity index is 1060. The lowest BCUT2D eigenvalue weighted by Gasteiger charge is -2.14. The molecule has 156 valence electrons. The molecule has 3 rings (SSSR count). The zero-order valence-electron chi connectivity index (χ0n) is 15.8. The molecule has 0 radical (unpaired) electrons. The van der Waals surface area contributed by atoms with Crippen molar-refractivity contribution >= 4 is 17.1 Å². The molecule has 0 aliphatic carbocycles. The highest BCUT2D eigenvalue weighted by Crippen LogP contribution is 2.34. The van der Waals surface area contributed by atoms with Crippen LogP contribution in [-0.4, -0.2) is 25.1 Å². The quantitative estimate of drug-likeness (QED) is 0.388. The maximum Gasteiger partial charge on any atom is 0.334 e. The number of nitrogens with zero attached hydrogens (tertiary/aromatic N) is 5. The zero-order chi connectivity index (χ0) is 22.0. The third-order valence-electron chi connectivity index (χ3n) is 4.60. The smallest absolute Gasteiger partial charge is 0.334 e. The molecule has 0 spiro atoms. The predicted octanol–water partition coefficient (Wildman–Crippen LogP) is 3.57. The van der Waals surface area contributed by atoms with Crippen LogP contribution >= 0.6 is 0 Å². The van der Waals surface area contributed by atoms with Crippen LogP contribution < -0.4 is 0 Å². The summed E-state index contributed by atoms with van der Waals surface area (Å²) in [6.45, 7) is 2.85. The van der Waals surface area contributed by atoms with Crippen molar-refractivity contribution in [2.24, 2.45) is 0 Å². The molecule has 0 unspecified atom stereocenters. The van der Waals surface area contributed by atoms with Crippen LogP contribution in [0, 0.1) is 44.2 Å². The van der Waals surface area contributed by atoms with Crippen LogP contribution in [0.1, 0.15) is 34.4 Å². The summed E-state index contributed by atoms with van der Waals surface area (Å²) in [5, 5.41) is 40.9. The van der Waals surface area contributed by atoms with E-state index in [1.807, 2.05) is 0 Å². The highest BCUT2D eigenvalue weighted by atomic mass is 16.6. The van der Waals surface area contributed by atoms with Crippen LogP contribution in [0.3, 0.4) is 0 Å². The molecular weight excluding hydrogens is 402 g/mol. The number of rotatable bonds is 8. The maximum absolute atomic E-state index is 11.4. The van der Waals surface area contributed by atoms with Crippen LogP contribution in [0.25, 0.3) is 0 Å². The van der Waals surface area contributed by atoms with Gasteiger partial charge in [-0.25, -0.2) is 0 Å². The monoisotopic (exact) mass is 417 g/mol. The van der Waals surface area contributed by atoms with E-state index in [-0.39, 0.29) is 52.8 Å². The second-order valence-electron chi connectivity index (χ2n) is 6.55. The third-order valence-corrected chi connectivity index (χ3v) is 4.60. The molecule has 0 amide bonds. The molecule has 2 aromatic heterocycles. The summed E-state index contributed by atoms with van der Waals surface area (Å²) in [6, 6.07) is 5.52. The first-order chi connectivity index (χ1) is 14.2. The second-order valence-corrected chi connectivity index (χ2v) is 6.55. The highest BCUT2D eigenvalue weighted by molar-refractivity contribution is 5.42. The number of nitro benzene ring substituents is 1. The molecule has 13 heteroatoms. The first-order valence-electron chi connectivity index (χ1n) is 8.62. The molecule has 0 aliphatic rings. The molecule has 0 atom stereocenters. The van der Waals surface area contributed by atoms with E-state index >= 15 is 0 Å². The molecule has 3 aromatic rings. The molecule has 0 fully saturated rings. The summed E-state index contributed by atoms with van der Waals surface area (Å²) < 4.78 is 10.2. The van der Waals surface area contributed by atoms with Crippen molar-refractivity contribution < 1.29 is 23.8 Å². The number of aryl methyl sites for hydroxylation is 2. The van der Waals surface area contributed by atoms with Crippen molar-refractivity contribution in [2.75, 3.05) is 0 Å². The molecule has 0 N–H and O–H groups in total. The van der Waals surface area contributed by atoms with E-state index in [2.05, 4.69) is 10.3 Å². The SMILES string of the molecule is Cc1noc(CC(Cc2onc(C)c2[N+](=O)[O-])c2ccc([N+](=O)[O-])cc2)c1[N+](=O)[O-]. The maximum atomic E-state index is 11.4. The van der Waals surface area contributed by atoms with Gasteiger partial charge in [0.25, 0.3) is 5.69 Å².